The van der Waals surface area contributed by atoms with Crippen molar-refractivity contribution in [3.63, 3.8) is 0 Å². The molecule has 0 saturated carbocycles. The molecule has 2 aromatic rings. The highest BCUT2D eigenvalue weighted by molar-refractivity contribution is 5.85. The predicted octanol–water partition coefficient (Wildman–Crippen LogP) is 4.78. The third kappa shape index (κ3) is 7.78. The van der Waals surface area contributed by atoms with Gasteiger partial charge >= 0.3 is 6.09 Å². The van der Waals surface area contributed by atoms with Gasteiger partial charge in [-0.15, -0.1) is 0 Å². The van der Waals surface area contributed by atoms with Gasteiger partial charge in [-0.25, -0.2) is 4.79 Å². The number of anilines is 1. The fraction of sp³-hybridized carbons (Fsp3) is 0.462. The van der Waals surface area contributed by atoms with Gasteiger partial charge in [0.25, 0.3) is 5.69 Å². The Morgan fingerprint density at radius 1 is 1.17 bits per heavy atom. The number of rotatable bonds is 11. The van der Waals surface area contributed by atoms with Gasteiger partial charge in [0, 0.05) is 31.4 Å². The first-order valence-corrected chi connectivity index (χ1v) is 12.1. The Labute approximate surface area is 206 Å². The lowest BCUT2D eigenvalue weighted by molar-refractivity contribution is -0.385. The van der Waals surface area contributed by atoms with Crippen molar-refractivity contribution in [1.82, 2.24) is 9.80 Å². The molecule has 1 aliphatic rings. The van der Waals surface area contributed by atoms with E-state index in [4.69, 9.17) is 4.74 Å². The smallest absolute Gasteiger partial charge is 0.411 e. The summed E-state index contributed by atoms with van der Waals surface area (Å²) < 4.78 is 5.10. The van der Waals surface area contributed by atoms with Gasteiger partial charge in [0.2, 0.25) is 5.91 Å². The molecule has 0 radical (unpaired) electrons. The van der Waals surface area contributed by atoms with Crippen LogP contribution in [0.2, 0.25) is 0 Å². The second-order valence-electron chi connectivity index (χ2n) is 8.87. The van der Waals surface area contributed by atoms with Gasteiger partial charge in [0.15, 0.2) is 0 Å². The molecule has 9 heteroatoms. The Hall–Kier alpha value is -3.46. The Balaban J connectivity index is 1.67. The number of hydrogen-bond acceptors (Lipinski definition) is 6. The van der Waals surface area contributed by atoms with Crippen molar-refractivity contribution in [1.29, 1.82) is 0 Å². The van der Waals surface area contributed by atoms with Crippen LogP contribution in [0.5, 0.6) is 0 Å². The van der Waals surface area contributed by atoms with Gasteiger partial charge in [0.1, 0.15) is 0 Å². The summed E-state index contributed by atoms with van der Waals surface area (Å²) in [5, 5.41) is 14.0. The van der Waals surface area contributed by atoms with Crippen molar-refractivity contribution in [2.24, 2.45) is 0 Å². The first kappa shape index (κ1) is 26.2. The van der Waals surface area contributed by atoms with E-state index in [-0.39, 0.29) is 24.1 Å². The van der Waals surface area contributed by atoms with Crippen LogP contribution in [0.4, 0.5) is 16.2 Å². The largest absolute Gasteiger partial charge is 0.449 e. The monoisotopic (exact) mass is 482 g/mol. The van der Waals surface area contributed by atoms with Crippen molar-refractivity contribution in [2.45, 2.75) is 45.1 Å². The summed E-state index contributed by atoms with van der Waals surface area (Å²) in [6, 6.07) is 13.3. The maximum atomic E-state index is 13.2. The SMILES string of the molecule is CCCCOC(=O)Nc1ccc(CC(=O)N(C)[C@H](CN2CCCC2)c2cccc([N+](=O)[O-])c2)cc1. The second-order valence-corrected chi connectivity index (χ2v) is 8.87. The van der Waals surface area contributed by atoms with Crippen LogP contribution in [-0.2, 0) is 16.0 Å². The number of non-ortho nitro benzene ring substituents is 1. The van der Waals surface area contributed by atoms with Gasteiger partial charge in [-0.1, -0.05) is 37.6 Å². The number of likely N-dealkylation sites (N-methyl/N-ethyl adjacent to an activating group) is 1. The van der Waals surface area contributed by atoms with Crippen LogP contribution >= 0.6 is 0 Å². The van der Waals surface area contributed by atoms with Crippen molar-refractivity contribution in [3.8, 4) is 0 Å². The van der Waals surface area contributed by atoms with Gasteiger partial charge in [0.05, 0.1) is 24.0 Å². The Morgan fingerprint density at radius 2 is 1.89 bits per heavy atom. The molecule has 0 aromatic heterocycles. The number of nitrogens with zero attached hydrogens (tertiary/aromatic N) is 3. The molecule has 0 aliphatic carbocycles. The molecule has 9 nitrogen and oxygen atoms in total. The molecule has 1 N–H and O–H groups in total. The van der Waals surface area contributed by atoms with E-state index in [9.17, 15) is 19.7 Å². The number of nitro groups is 1. The standard InChI is InChI=1S/C26H34N4O5/c1-3-4-16-35-26(32)27-22-12-10-20(11-13-22)17-25(31)28(2)24(19-29-14-5-6-15-29)21-8-7-9-23(18-21)30(33)34/h7-13,18,24H,3-6,14-17,19H2,1-2H3,(H,27,32)/t24-/m1/s1. The molecule has 1 aliphatic heterocycles. The molecule has 1 atom stereocenters. The molecule has 3 rings (SSSR count). The molecule has 188 valence electrons. The number of likely N-dealkylation sites (tertiary alicyclic amines) is 1. The lowest BCUT2D eigenvalue weighted by Crippen LogP contribution is -2.39. The van der Waals surface area contributed by atoms with E-state index < -0.39 is 11.0 Å². The maximum absolute atomic E-state index is 13.2. The van der Waals surface area contributed by atoms with Gasteiger partial charge in [-0.2, -0.15) is 0 Å². The van der Waals surface area contributed by atoms with E-state index in [1.165, 1.54) is 6.07 Å². The van der Waals surface area contributed by atoms with Crippen LogP contribution in [0, 0.1) is 10.1 Å². The van der Waals surface area contributed by atoms with E-state index in [1.54, 1.807) is 48.3 Å². The first-order valence-electron chi connectivity index (χ1n) is 12.1. The third-order valence-electron chi connectivity index (χ3n) is 6.24. The van der Waals surface area contributed by atoms with E-state index >= 15 is 0 Å². The summed E-state index contributed by atoms with van der Waals surface area (Å²) in [5.74, 6) is -0.0830. The van der Waals surface area contributed by atoms with Crippen molar-refractivity contribution < 1.29 is 19.2 Å². The Kier molecular flexibility index (Phi) is 9.60. The number of nitrogens with one attached hydrogen (secondary N) is 1. The van der Waals surface area contributed by atoms with Crippen LogP contribution in [-0.4, -0.2) is 60.0 Å². The van der Waals surface area contributed by atoms with Crippen molar-refractivity contribution >= 4 is 23.4 Å². The van der Waals surface area contributed by atoms with E-state index in [2.05, 4.69) is 10.2 Å². The molecule has 0 spiro atoms. The second kappa shape index (κ2) is 12.9. The summed E-state index contributed by atoms with van der Waals surface area (Å²) in [6.07, 6.45) is 3.69. The normalized spacial score (nSPS) is 14.3. The van der Waals surface area contributed by atoms with E-state index in [0.717, 1.165) is 49.9 Å². The summed E-state index contributed by atoms with van der Waals surface area (Å²) in [7, 11) is 1.75. The van der Waals surface area contributed by atoms with Crippen LogP contribution in [0.1, 0.15) is 49.8 Å². The third-order valence-corrected chi connectivity index (χ3v) is 6.24. The highest BCUT2D eigenvalue weighted by Gasteiger charge is 2.27. The molecule has 0 unspecified atom stereocenters. The van der Waals surface area contributed by atoms with Crippen LogP contribution in [0.15, 0.2) is 48.5 Å². The minimum atomic E-state index is -0.497. The fourth-order valence-corrected chi connectivity index (χ4v) is 4.15. The lowest BCUT2D eigenvalue weighted by Gasteiger charge is -2.32. The van der Waals surface area contributed by atoms with E-state index in [0.29, 0.717) is 18.8 Å². The van der Waals surface area contributed by atoms with Crippen LogP contribution < -0.4 is 5.32 Å². The topological polar surface area (TPSA) is 105 Å². The zero-order valence-corrected chi connectivity index (χ0v) is 20.4. The summed E-state index contributed by atoms with van der Waals surface area (Å²) in [6.45, 7) is 4.96. The number of amides is 2. The average molecular weight is 483 g/mol. The average Bonchev–Trinajstić information content (AvgIpc) is 3.37. The highest BCUT2D eigenvalue weighted by Crippen LogP contribution is 2.27. The predicted molar refractivity (Wildman–Crippen MR) is 134 cm³/mol. The summed E-state index contributed by atoms with van der Waals surface area (Å²) in [5.41, 5.74) is 2.18. The molecule has 1 fully saturated rings. The number of carbonyl (C=O) groups excluding carboxylic acids is 2. The Morgan fingerprint density at radius 3 is 2.54 bits per heavy atom. The molecule has 1 saturated heterocycles. The highest BCUT2D eigenvalue weighted by atomic mass is 16.6. The van der Waals surface area contributed by atoms with Crippen molar-refractivity contribution in [2.75, 3.05) is 38.6 Å². The van der Waals surface area contributed by atoms with Crippen LogP contribution in [0.25, 0.3) is 0 Å². The maximum Gasteiger partial charge on any atom is 0.411 e. The number of unbranched alkanes of at least 4 members (excludes halogenated alkanes) is 1. The molecule has 35 heavy (non-hydrogen) atoms. The first-order chi connectivity index (χ1) is 16.9. The molecule has 2 amide bonds. The lowest BCUT2D eigenvalue weighted by atomic mass is 10.0. The van der Waals surface area contributed by atoms with Gasteiger partial charge < -0.3 is 14.5 Å². The van der Waals surface area contributed by atoms with E-state index in [1.807, 2.05) is 13.0 Å². The zero-order valence-electron chi connectivity index (χ0n) is 20.4. The minimum Gasteiger partial charge on any atom is -0.449 e. The Bertz CT molecular complexity index is 1010. The molecular weight excluding hydrogens is 448 g/mol. The molecular formula is C26H34N4O5. The fourth-order valence-electron chi connectivity index (χ4n) is 4.15. The van der Waals surface area contributed by atoms with Gasteiger partial charge in [-0.05, 0) is 55.6 Å². The number of benzene rings is 2. The number of carbonyl (C=O) groups is 2. The quantitative estimate of drug-likeness (QED) is 0.281. The number of hydrogen-bond donors (Lipinski definition) is 1. The molecule has 2 aromatic carbocycles. The summed E-state index contributed by atoms with van der Waals surface area (Å²) >= 11 is 0. The molecule has 0 bridgehead atoms. The number of ether oxygens (including phenoxy) is 1. The van der Waals surface area contributed by atoms with Crippen molar-refractivity contribution in [3.05, 3.63) is 69.8 Å². The van der Waals surface area contributed by atoms with Crippen LogP contribution in [0.3, 0.4) is 0 Å². The summed E-state index contributed by atoms with van der Waals surface area (Å²) in [4.78, 5) is 39.9. The minimum absolute atomic E-state index is 0.0195. The van der Waals surface area contributed by atoms with Gasteiger partial charge in [-0.3, -0.25) is 20.2 Å². The zero-order chi connectivity index (χ0) is 25.2. The number of nitro benzene ring substituents is 1. The molecule has 1 heterocycles.